The highest BCUT2D eigenvalue weighted by Gasteiger charge is 2.31. The minimum absolute atomic E-state index is 0.602. The summed E-state index contributed by atoms with van der Waals surface area (Å²) in [5.74, 6) is 1.31. The first-order valence-electron chi connectivity index (χ1n) is 15.7. The molecule has 0 unspecified atom stereocenters. The minimum Gasteiger partial charge on any atom is -0.493 e. The van der Waals surface area contributed by atoms with Crippen molar-refractivity contribution >= 4 is 45.0 Å². The van der Waals surface area contributed by atoms with E-state index in [2.05, 4.69) is 119 Å². The Morgan fingerprint density at radius 3 is 1.75 bits per heavy atom. The van der Waals surface area contributed by atoms with Crippen molar-refractivity contribution in [1.29, 1.82) is 5.26 Å². The van der Waals surface area contributed by atoms with Crippen LogP contribution in [0.4, 0.5) is 34.1 Å². The number of anilines is 6. The molecule has 0 fully saturated rings. The summed E-state index contributed by atoms with van der Waals surface area (Å²) in [7, 11) is 3.29. The maximum absolute atomic E-state index is 9.46. The molecule has 6 aromatic carbocycles. The van der Waals surface area contributed by atoms with Gasteiger partial charge in [0.15, 0.2) is 11.5 Å². The second kappa shape index (κ2) is 12.0. The summed E-state index contributed by atoms with van der Waals surface area (Å²) in [5.41, 5.74) is 11.4. The molecule has 2 heterocycles. The van der Waals surface area contributed by atoms with E-state index < -0.39 is 0 Å². The normalized spacial score (nSPS) is 11.9. The van der Waals surface area contributed by atoms with Crippen LogP contribution in [0.3, 0.4) is 0 Å². The highest BCUT2D eigenvalue weighted by Crippen LogP contribution is 2.55. The second-order valence-corrected chi connectivity index (χ2v) is 11.5. The summed E-state index contributed by atoms with van der Waals surface area (Å²) in [6, 6.07) is 51.7. The number of hydrogen-bond acceptors (Lipinski definition) is 6. The number of methoxy groups -OCH3 is 2. The highest BCUT2D eigenvalue weighted by atomic mass is 16.5. The molecule has 7 aromatic rings. The number of hydrogen-bond donors (Lipinski definition) is 0. The molecule has 0 saturated heterocycles. The van der Waals surface area contributed by atoms with E-state index in [-0.39, 0.29) is 0 Å². The third-order valence-corrected chi connectivity index (χ3v) is 8.80. The van der Waals surface area contributed by atoms with Gasteiger partial charge in [-0.1, -0.05) is 72.8 Å². The Morgan fingerprint density at radius 2 is 1.12 bits per heavy atom. The lowest BCUT2D eigenvalue weighted by molar-refractivity contribution is 0.355. The molecule has 0 atom stereocenters. The molecule has 0 bridgehead atoms. The van der Waals surface area contributed by atoms with Crippen LogP contribution in [0.25, 0.3) is 33.3 Å². The summed E-state index contributed by atoms with van der Waals surface area (Å²) >= 11 is 0. The molecular weight excluding hydrogens is 592 g/mol. The van der Waals surface area contributed by atoms with Crippen molar-refractivity contribution in [3.63, 3.8) is 0 Å². The monoisotopic (exact) mass is 622 g/mol. The van der Waals surface area contributed by atoms with Crippen LogP contribution in [-0.4, -0.2) is 19.2 Å². The Kier molecular flexibility index (Phi) is 7.20. The van der Waals surface area contributed by atoms with Gasteiger partial charge in [0.2, 0.25) is 0 Å². The van der Waals surface area contributed by atoms with Gasteiger partial charge in [-0.2, -0.15) is 5.26 Å². The van der Waals surface area contributed by atoms with Crippen LogP contribution in [0.15, 0.2) is 146 Å². The number of pyridine rings is 1. The van der Waals surface area contributed by atoms with Crippen molar-refractivity contribution in [2.45, 2.75) is 0 Å². The molecule has 0 spiro atoms. The smallest absolute Gasteiger partial charge is 0.161 e. The zero-order chi connectivity index (χ0) is 32.6. The molecule has 48 heavy (non-hydrogen) atoms. The fraction of sp³-hybridized carbons (Fsp3) is 0.0476. The fourth-order valence-electron chi connectivity index (χ4n) is 6.58. The lowest BCUT2D eigenvalue weighted by Crippen LogP contribution is -2.24. The van der Waals surface area contributed by atoms with E-state index in [1.54, 1.807) is 14.2 Å². The molecular formula is C42H30N4O2. The van der Waals surface area contributed by atoms with E-state index in [9.17, 15) is 5.26 Å². The standard InChI is InChI=1S/C42H30N4O2/c1-47-40-24-23-30(25-41(40)48-2)33-26-34(29-21-19-28(27-43)20-22-29)44-42-32(33)13-10-18-39(42)46-37-16-8-6-14-35(37)45(31-11-4-3-5-12-31)36-15-7-9-17-38(36)46/h3-26H,1-2H3. The van der Waals surface area contributed by atoms with Crippen molar-refractivity contribution in [1.82, 2.24) is 4.98 Å². The highest BCUT2D eigenvalue weighted by molar-refractivity contribution is 6.09. The number of fused-ring (bicyclic) bond motifs is 3. The first-order valence-corrected chi connectivity index (χ1v) is 15.7. The van der Waals surface area contributed by atoms with Gasteiger partial charge in [0.25, 0.3) is 0 Å². The van der Waals surface area contributed by atoms with Gasteiger partial charge in [0, 0.05) is 16.6 Å². The molecule has 0 N–H and O–H groups in total. The summed E-state index contributed by atoms with van der Waals surface area (Å²) < 4.78 is 11.3. The summed E-state index contributed by atoms with van der Waals surface area (Å²) in [6.45, 7) is 0. The van der Waals surface area contributed by atoms with Gasteiger partial charge in [-0.05, 0) is 83.9 Å². The predicted molar refractivity (Wildman–Crippen MR) is 193 cm³/mol. The van der Waals surface area contributed by atoms with E-state index >= 15 is 0 Å². The Morgan fingerprint density at radius 1 is 0.542 bits per heavy atom. The lowest BCUT2D eigenvalue weighted by atomic mass is 9.96. The largest absolute Gasteiger partial charge is 0.493 e. The topological polar surface area (TPSA) is 61.6 Å². The molecule has 8 rings (SSSR count). The Hall–Kier alpha value is -6.58. The number of ether oxygens (including phenoxy) is 2. The predicted octanol–water partition coefficient (Wildman–Crippen LogP) is 10.7. The van der Waals surface area contributed by atoms with Crippen LogP contribution in [0.1, 0.15) is 5.56 Å². The molecule has 230 valence electrons. The molecule has 1 aliphatic heterocycles. The molecule has 1 aliphatic rings. The third kappa shape index (κ3) is 4.77. The molecule has 0 aliphatic carbocycles. The van der Waals surface area contributed by atoms with E-state index in [0.717, 1.165) is 67.4 Å². The molecule has 0 radical (unpaired) electrons. The van der Waals surface area contributed by atoms with E-state index in [1.807, 2.05) is 42.5 Å². The Bertz CT molecular complexity index is 2300. The summed E-state index contributed by atoms with van der Waals surface area (Å²) in [5, 5.41) is 10.5. The number of para-hydroxylation sites is 6. The SMILES string of the molecule is COc1ccc(-c2cc(-c3ccc(C#N)cc3)nc3c(N4c5ccccc5N(c5ccccc5)c5ccccc54)cccc23)cc1OC. The van der Waals surface area contributed by atoms with Crippen molar-refractivity contribution in [2.75, 3.05) is 24.0 Å². The molecule has 6 nitrogen and oxygen atoms in total. The average Bonchev–Trinajstić information content (AvgIpc) is 3.16. The van der Waals surface area contributed by atoms with Crippen molar-refractivity contribution < 1.29 is 9.47 Å². The third-order valence-electron chi connectivity index (χ3n) is 8.80. The number of rotatable bonds is 6. The van der Waals surface area contributed by atoms with Crippen LogP contribution in [-0.2, 0) is 0 Å². The van der Waals surface area contributed by atoms with Gasteiger partial charge in [-0.15, -0.1) is 0 Å². The van der Waals surface area contributed by atoms with Gasteiger partial charge < -0.3 is 19.3 Å². The molecule has 0 saturated carbocycles. The van der Waals surface area contributed by atoms with E-state index in [1.165, 1.54) is 0 Å². The average molecular weight is 623 g/mol. The summed E-state index contributed by atoms with van der Waals surface area (Å²) in [6.07, 6.45) is 0. The van der Waals surface area contributed by atoms with Crippen molar-refractivity contribution in [3.05, 3.63) is 151 Å². The van der Waals surface area contributed by atoms with Crippen LogP contribution in [0, 0.1) is 11.3 Å². The lowest BCUT2D eigenvalue weighted by Gasteiger charge is -2.40. The molecule has 1 aromatic heterocycles. The molecule has 6 heteroatoms. The van der Waals surface area contributed by atoms with Gasteiger partial charge >= 0.3 is 0 Å². The Balaban J connectivity index is 1.41. The Labute approximate surface area is 279 Å². The fourth-order valence-corrected chi connectivity index (χ4v) is 6.58. The number of aromatic nitrogens is 1. The van der Waals surface area contributed by atoms with Gasteiger partial charge in [0.1, 0.15) is 0 Å². The minimum atomic E-state index is 0.602. The zero-order valence-corrected chi connectivity index (χ0v) is 26.5. The summed E-state index contributed by atoms with van der Waals surface area (Å²) in [4.78, 5) is 10.0. The number of nitrogens with zero attached hydrogens (tertiary/aromatic N) is 4. The maximum atomic E-state index is 9.46. The first kappa shape index (κ1) is 28.9. The van der Waals surface area contributed by atoms with E-state index in [4.69, 9.17) is 14.5 Å². The van der Waals surface area contributed by atoms with Crippen LogP contribution in [0.2, 0.25) is 0 Å². The van der Waals surface area contributed by atoms with Gasteiger partial charge in [-0.3, -0.25) is 0 Å². The molecule has 0 amide bonds. The quantitative estimate of drug-likeness (QED) is 0.184. The first-order chi connectivity index (χ1) is 23.7. The van der Waals surface area contributed by atoms with Crippen molar-refractivity contribution in [3.8, 4) is 40.0 Å². The number of benzene rings is 6. The van der Waals surface area contributed by atoms with Gasteiger partial charge in [-0.25, -0.2) is 4.98 Å². The van der Waals surface area contributed by atoms with Crippen LogP contribution in [0.5, 0.6) is 11.5 Å². The number of nitriles is 1. The zero-order valence-electron chi connectivity index (χ0n) is 26.5. The van der Waals surface area contributed by atoms with Crippen LogP contribution >= 0.6 is 0 Å². The van der Waals surface area contributed by atoms with E-state index in [0.29, 0.717) is 17.1 Å². The van der Waals surface area contributed by atoms with Crippen LogP contribution < -0.4 is 19.3 Å². The second-order valence-electron chi connectivity index (χ2n) is 11.5. The van der Waals surface area contributed by atoms with Gasteiger partial charge in [0.05, 0.1) is 65.5 Å². The maximum Gasteiger partial charge on any atom is 0.161 e. The van der Waals surface area contributed by atoms with Crippen molar-refractivity contribution in [2.24, 2.45) is 0 Å².